The van der Waals surface area contributed by atoms with Crippen LogP contribution in [0.15, 0.2) is 33.3 Å². The molecule has 144 valence electrons. The molecule has 2 amide bonds. The standard InChI is InChI=1S/C18H21BrN4O4/c1-2-26-15(24)11-20-18(25)23-9-7-13(8-10-23)17-21-16(22-27-17)12-3-5-14(19)6-4-12/h3-6,13H,2,7-11H2,1H3,(H,20,25). The lowest BCUT2D eigenvalue weighted by Gasteiger charge is -2.30. The fourth-order valence-corrected chi connectivity index (χ4v) is 3.18. The molecule has 9 heteroatoms. The number of urea groups is 1. The van der Waals surface area contributed by atoms with E-state index in [1.54, 1.807) is 11.8 Å². The smallest absolute Gasteiger partial charge is 0.325 e. The number of aromatic nitrogens is 2. The second-order valence-electron chi connectivity index (χ2n) is 6.19. The summed E-state index contributed by atoms with van der Waals surface area (Å²) >= 11 is 3.40. The number of carbonyl (C=O) groups excluding carboxylic acids is 2. The van der Waals surface area contributed by atoms with E-state index in [9.17, 15) is 9.59 Å². The summed E-state index contributed by atoms with van der Waals surface area (Å²) in [6.07, 6.45) is 1.46. The van der Waals surface area contributed by atoms with Gasteiger partial charge in [0, 0.05) is 29.0 Å². The number of piperidine rings is 1. The lowest BCUT2D eigenvalue weighted by atomic mass is 9.97. The van der Waals surface area contributed by atoms with Gasteiger partial charge in [-0.2, -0.15) is 4.98 Å². The molecule has 1 aliphatic heterocycles. The highest BCUT2D eigenvalue weighted by molar-refractivity contribution is 9.10. The summed E-state index contributed by atoms with van der Waals surface area (Å²) in [6, 6.07) is 7.45. The number of likely N-dealkylation sites (tertiary alicyclic amines) is 1. The van der Waals surface area contributed by atoms with E-state index in [0.717, 1.165) is 22.9 Å². The predicted molar refractivity (Wildman–Crippen MR) is 101 cm³/mol. The quantitative estimate of drug-likeness (QED) is 0.723. The number of carbonyl (C=O) groups is 2. The number of esters is 1. The first-order chi connectivity index (χ1) is 13.1. The monoisotopic (exact) mass is 436 g/mol. The molecule has 0 radical (unpaired) electrons. The molecule has 0 atom stereocenters. The van der Waals surface area contributed by atoms with Crippen LogP contribution in [0.1, 0.15) is 31.6 Å². The number of hydrogen-bond donors (Lipinski definition) is 1. The van der Waals surface area contributed by atoms with Gasteiger partial charge >= 0.3 is 12.0 Å². The molecule has 2 heterocycles. The highest BCUT2D eigenvalue weighted by Crippen LogP contribution is 2.28. The minimum atomic E-state index is -0.438. The number of nitrogens with one attached hydrogen (secondary N) is 1. The number of ether oxygens (including phenoxy) is 1. The first-order valence-corrected chi connectivity index (χ1v) is 9.64. The molecule has 0 saturated carbocycles. The van der Waals surface area contributed by atoms with E-state index < -0.39 is 5.97 Å². The Morgan fingerprint density at radius 2 is 2.00 bits per heavy atom. The summed E-state index contributed by atoms with van der Waals surface area (Å²) in [5, 5.41) is 6.64. The van der Waals surface area contributed by atoms with Crippen molar-refractivity contribution in [1.82, 2.24) is 20.4 Å². The van der Waals surface area contributed by atoms with Gasteiger partial charge in [-0.15, -0.1) is 0 Å². The average Bonchev–Trinajstić information content (AvgIpc) is 3.17. The third-order valence-electron chi connectivity index (χ3n) is 4.36. The van der Waals surface area contributed by atoms with Crippen LogP contribution in [0.2, 0.25) is 0 Å². The molecule has 1 aliphatic rings. The SMILES string of the molecule is CCOC(=O)CNC(=O)N1CCC(c2nc(-c3ccc(Br)cc3)no2)CC1. The van der Waals surface area contributed by atoms with Crippen molar-refractivity contribution in [3.63, 3.8) is 0 Å². The van der Waals surface area contributed by atoms with Gasteiger partial charge in [0.15, 0.2) is 0 Å². The van der Waals surface area contributed by atoms with Crippen LogP contribution >= 0.6 is 15.9 Å². The number of rotatable bonds is 5. The molecule has 8 nitrogen and oxygen atoms in total. The van der Waals surface area contributed by atoms with Crippen LogP contribution < -0.4 is 5.32 Å². The lowest BCUT2D eigenvalue weighted by Crippen LogP contribution is -2.45. The Kier molecular flexibility index (Phi) is 6.44. The highest BCUT2D eigenvalue weighted by atomic mass is 79.9. The van der Waals surface area contributed by atoms with Crippen molar-refractivity contribution in [3.05, 3.63) is 34.6 Å². The van der Waals surface area contributed by atoms with E-state index in [0.29, 0.717) is 31.4 Å². The molecular formula is C18H21BrN4O4. The number of nitrogens with zero attached hydrogens (tertiary/aromatic N) is 3. The van der Waals surface area contributed by atoms with E-state index in [1.807, 2.05) is 24.3 Å². The van der Waals surface area contributed by atoms with Gasteiger partial charge < -0.3 is 19.5 Å². The Morgan fingerprint density at radius 1 is 1.30 bits per heavy atom. The third-order valence-corrected chi connectivity index (χ3v) is 4.89. The van der Waals surface area contributed by atoms with Crippen LogP contribution in [0.25, 0.3) is 11.4 Å². The maximum Gasteiger partial charge on any atom is 0.325 e. The second-order valence-corrected chi connectivity index (χ2v) is 7.10. The van der Waals surface area contributed by atoms with Crippen LogP contribution in [0.4, 0.5) is 4.79 Å². The van der Waals surface area contributed by atoms with Gasteiger partial charge in [0.25, 0.3) is 0 Å². The molecule has 1 fully saturated rings. The van der Waals surface area contributed by atoms with Crippen LogP contribution in [0.5, 0.6) is 0 Å². The Labute approximate surface area is 165 Å². The molecule has 0 unspecified atom stereocenters. The van der Waals surface area contributed by atoms with Crippen molar-refractivity contribution in [3.8, 4) is 11.4 Å². The fourth-order valence-electron chi connectivity index (χ4n) is 2.92. The zero-order chi connectivity index (χ0) is 19.2. The van der Waals surface area contributed by atoms with Gasteiger partial charge in [-0.1, -0.05) is 21.1 Å². The van der Waals surface area contributed by atoms with Gasteiger partial charge in [-0.05, 0) is 44.0 Å². The molecule has 0 aliphatic carbocycles. The Morgan fingerprint density at radius 3 is 2.67 bits per heavy atom. The number of halogens is 1. The fraction of sp³-hybridized carbons (Fsp3) is 0.444. The Hall–Kier alpha value is -2.42. The van der Waals surface area contributed by atoms with Crippen LogP contribution in [0.3, 0.4) is 0 Å². The zero-order valence-electron chi connectivity index (χ0n) is 15.0. The first-order valence-electron chi connectivity index (χ1n) is 8.84. The van der Waals surface area contributed by atoms with Crippen molar-refractivity contribution in [1.29, 1.82) is 0 Å². The molecule has 3 rings (SSSR count). The maximum absolute atomic E-state index is 12.1. The molecule has 1 aromatic heterocycles. The highest BCUT2D eigenvalue weighted by Gasteiger charge is 2.27. The van der Waals surface area contributed by atoms with Gasteiger partial charge in [-0.25, -0.2) is 4.79 Å². The van der Waals surface area contributed by atoms with E-state index in [4.69, 9.17) is 9.26 Å². The topological polar surface area (TPSA) is 97.6 Å². The van der Waals surface area contributed by atoms with Gasteiger partial charge in [0.1, 0.15) is 6.54 Å². The van der Waals surface area contributed by atoms with Gasteiger partial charge in [0.05, 0.1) is 6.61 Å². The second kappa shape index (κ2) is 8.98. The summed E-state index contributed by atoms with van der Waals surface area (Å²) < 4.78 is 11.2. The number of hydrogen-bond acceptors (Lipinski definition) is 6. The molecule has 1 aromatic carbocycles. The van der Waals surface area contributed by atoms with E-state index in [1.165, 1.54) is 0 Å². The molecule has 27 heavy (non-hydrogen) atoms. The summed E-state index contributed by atoms with van der Waals surface area (Å²) in [6.45, 7) is 3.04. The normalized spacial score (nSPS) is 14.8. The van der Waals surface area contributed by atoms with Crippen LogP contribution in [-0.2, 0) is 9.53 Å². The molecule has 0 bridgehead atoms. The zero-order valence-corrected chi connectivity index (χ0v) is 16.6. The third kappa shape index (κ3) is 5.06. The summed E-state index contributed by atoms with van der Waals surface area (Å²) in [7, 11) is 0. The number of amides is 2. The van der Waals surface area contributed by atoms with Gasteiger partial charge in [0.2, 0.25) is 11.7 Å². The average molecular weight is 437 g/mol. The van der Waals surface area contributed by atoms with E-state index >= 15 is 0 Å². The molecule has 2 aromatic rings. The van der Waals surface area contributed by atoms with Crippen molar-refractivity contribution in [2.45, 2.75) is 25.7 Å². The van der Waals surface area contributed by atoms with Crippen molar-refractivity contribution in [2.75, 3.05) is 26.2 Å². The van der Waals surface area contributed by atoms with E-state index in [-0.39, 0.29) is 18.5 Å². The van der Waals surface area contributed by atoms with Crippen molar-refractivity contribution < 1.29 is 18.8 Å². The Bertz CT molecular complexity index is 785. The first kappa shape index (κ1) is 19.3. The van der Waals surface area contributed by atoms with Gasteiger partial charge in [-0.3, -0.25) is 4.79 Å². The summed E-state index contributed by atoms with van der Waals surface area (Å²) in [5.74, 6) is 0.842. The molecule has 0 spiro atoms. The predicted octanol–water partition coefficient (Wildman–Crippen LogP) is 2.95. The van der Waals surface area contributed by atoms with Crippen molar-refractivity contribution >= 4 is 27.9 Å². The lowest BCUT2D eigenvalue weighted by molar-refractivity contribution is -0.141. The number of benzene rings is 1. The molecule has 1 saturated heterocycles. The van der Waals surface area contributed by atoms with Crippen LogP contribution in [0, 0.1) is 0 Å². The largest absolute Gasteiger partial charge is 0.465 e. The molecular weight excluding hydrogens is 416 g/mol. The minimum absolute atomic E-state index is 0.118. The summed E-state index contributed by atoms with van der Waals surface area (Å²) in [5.41, 5.74) is 0.893. The van der Waals surface area contributed by atoms with E-state index in [2.05, 4.69) is 31.4 Å². The van der Waals surface area contributed by atoms with Crippen molar-refractivity contribution in [2.24, 2.45) is 0 Å². The molecule has 1 N–H and O–H groups in total. The van der Waals surface area contributed by atoms with Crippen LogP contribution in [-0.4, -0.2) is 53.3 Å². The summed E-state index contributed by atoms with van der Waals surface area (Å²) in [4.78, 5) is 29.6. The Balaban J connectivity index is 1.51. The maximum atomic E-state index is 12.1. The minimum Gasteiger partial charge on any atom is -0.465 e.